The maximum absolute atomic E-state index is 13.7. The summed E-state index contributed by atoms with van der Waals surface area (Å²) in [6.45, 7) is 0. The van der Waals surface area contributed by atoms with Gasteiger partial charge in [0.2, 0.25) is 0 Å². The SMILES string of the molecule is COc1ccc(C(=O)NC2CCCCC2)c(F)c1. The number of amides is 1. The molecule has 0 atom stereocenters. The highest BCUT2D eigenvalue weighted by Gasteiger charge is 2.18. The van der Waals surface area contributed by atoms with Crippen LogP contribution in [0.2, 0.25) is 0 Å². The highest BCUT2D eigenvalue weighted by atomic mass is 19.1. The van der Waals surface area contributed by atoms with Crippen molar-refractivity contribution in [3.8, 4) is 5.75 Å². The number of ether oxygens (including phenoxy) is 1. The third-order valence-electron chi connectivity index (χ3n) is 3.36. The molecule has 0 radical (unpaired) electrons. The molecule has 2 rings (SSSR count). The molecule has 1 fully saturated rings. The molecule has 1 N–H and O–H groups in total. The van der Waals surface area contributed by atoms with Crippen molar-refractivity contribution in [2.45, 2.75) is 38.1 Å². The van der Waals surface area contributed by atoms with E-state index < -0.39 is 5.82 Å². The molecule has 3 nitrogen and oxygen atoms in total. The Labute approximate surface area is 106 Å². The average Bonchev–Trinajstić information content (AvgIpc) is 2.39. The summed E-state index contributed by atoms with van der Waals surface area (Å²) in [4.78, 5) is 11.9. The highest BCUT2D eigenvalue weighted by Crippen LogP contribution is 2.19. The van der Waals surface area contributed by atoms with Gasteiger partial charge in [0.1, 0.15) is 11.6 Å². The molecule has 0 spiro atoms. The van der Waals surface area contributed by atoms with E-state index in [9.17, 15) is 9.18 Å². The number of benzene rings is 1. The maximum atomic E-state index is 13.7. The molecule has 98 valence electrons. The van der Waals surface area contributed by atoms with Crippen LogP contribution in [0, 0.1) is 5.82 Å². The summed E-state index contributed by atoms with van der Waals surface area (Å²) in [5.41, 5.74) is 0.0846. The molecule has 1 amide bonds. The van der Waals surface area contributed by atoms with E-state index in [1.165, 1.54) is 25.7 Å². The van der Waals surface area contributed by atoms with Gasteiger partial charge in [-0.1, -0.05) is 19.3 Å². The third-order valence-corrected chi connectivity index (χ3v) is 3.36. The van der Waals surface area contributed by atoms with Crippen LogP contribution in [0.25, 0.3) is 0 Å². The van der Waals surface area contributed by atoms with Crippen molar-refractivity contribution in [2.24, 2.45) is 0 Å². The Morgan fingerprint density at radius 2 is 2.06 bits per heavy atom. The van der Waals surface area contributed by atoms with Crippen LogP contribution >= 0.6 is 0 Å². The minimum absolute atomic E-state index is 0.0846. The van der Waals surface area contributed by atoms with Gasteiger partial charge in [0.25, 0.3) is 5.91 Å². The second-order valence-electron chi connectivity index (χ2n) is 4.65. The number of carbonyl (C=O) groups is 1. The number of halogens is 1. The van der Waals surface area contributed by atoms with Crippen molar-refractivity contribution >= 4 is 5.91 Å². The first-order valence-electron chi connectivity index (χ1n) is 6.35. The zero-order valence-corrected chi connectivity index (χ0v) is 10.5. The second-order valence-corrected chi connectivity index (χ2v) is 4.65. The lowest BCUT2D eigenvalue weighted by Crippen LogP contribution is -2.36. The van der Waals surface area contributed by atoms with Gasteiger partial charge in [-0.2, -0.15) is 0 Å². The van der Waals surface area contributed by atoms with Gasteiger partial charge in [0, 0.05) is 12.1 Å². The van der Waals surface area contributed by atoms with Crippen molar-refractivity contribution in [3.05, 3.63) is 29.6 Å². The Kier molecular flexibility index (Phi) is 4.18. The van der Waals surface area contributed by atoms with E-state index in [2.05, 4.69) is 5.32 Å². The van der Waals surface area contributed by atoms with Gasteiger partial charge in [-0.3, -0.25) is 4.79 Å². The molecule has 0 aromatic heterocycles. The Balaban J connectivity index is 2.03. The molecule has 1 saturated carbocycles. The number of hydrogen-bond donors (Lipinski definition) is 1. The summed E-state index contributed by atoms with van der Waals surface area (Å²) in [5, 5.41) is 2.89. The van der Waals surface area contributed by atoms with Gasteiger partial charge in [-0.05, 0) is 25.0 Å². The number of carbonyl (C=O) groups excluding carboxylic acids is 1. The molecule has 0 saturated heterocycles. The Hall–Kier alpha value is -1.58. The summed E-state index contributed by atoms with van der Waals surface area (Å²) in [6.07, 6.45) is 5.47. The first-order chi connectivity index (χ1) is 8.70. The van der Waals surface area contributed by atoms with Crippen LogP contribution < -0.4 is 10.1 Å². The number of hydrogen-bond acceptors (Lipinski definition) is 2. The van der Waals surface area contributed by atoms with Gasteiger partial charge in [0.15, 0.2) is 0 Å². The van der Waals surface area contributed by atoms with Crippen LogP contribution in [0.5, 0.6) is 5.75 Å². The minimum atomic E-state index is -0.539. The first-order valence-corrected chi connectivity index (χ1v) is 6.35. The highest BCUT2D eigenvalue weighted by molar-refractivity contribution is 5.94. The van der Waals surface area contributed by atoms with Gasteiger partial charge in [-0.15, -0.1) is 0 Å². The van der Waals surface area contributed by atoms with Crippen molar-refractivity contribution < 1.29 is 13.9 Å². The lowest BCUT2D eigenvalue weighted by molar-refractivity contribution is 0.0923. The fraction of sp³-hybridized carbons (Fsp3) is 0.500. The van der Waals surface area contributed by atoms with E-state index in [0.29, 0.717) is 5.75 Å². The van der Waals surface area contributed by atoms with Gasteiger partial charge in [-0.25, -0.2) is 4.39 Å². The summed E-state index contributed by atoms with van der Waals surface area (Å²) in [6, 6.07) is 4.48. The second kappa shape index (κ2) is 5.85. The molecule has 0 heterocycles. The third kappa shape index (κ3) is 3.00. The van der Waals surface area contributed by atoms with E-state index >= 15 is 0 Å². The molecule has 0 unspecified atom stereocenters. The molecular weight excluding hydrogens is 233 g/mol. The number of rotatable bonds is 3. The van der Waals surface area contributed by atoms with E-state index in [4.69, 9.17) is 4.74 Å². The van der Waals surface area contributed by atoms with Gasteiger partial charge < -0.3 is 10.1 Å². The van der Waals surface area contributed by atoms with Gasteiger partial charge in [0.05, 0.1) is 12.7 Å². The van der Waals surface area contributed by atoms with Crippen LogP contribution in [0.3, 0.4) is 0 Å². The quantitative estimate of drug-likeness (QED) is 0.897. The lowest BCUT2D eigenvalue weighted by Gasteiger charge is -2.22. The summed E-state index contributed by atoms with van der Waals surface area (Å²) in [5.74, 6) is -0.452. The van der Waals surface area contributed by atoms with Crippen molar-refractivity contribution in [2.75, 3.05) is 7.11 Å². The fourth-order valence-corrected chi connectivity index (χ4v) is 2.32. The predicted molar refractivity (Wildman–Crippen MR) is 67.3 cm³/mol. The molecule has 0 bridgehead atoms. The number of nitrogens with one attached hydrogen (secondary N) is 1. The van der Waals surface area contributed by atoms with Gasteiger partial charge >= 0.3 is 0 Å². The van der Waals surface area contributed by atoms with E-state index in [1.54, 1.807) is 6.07 Å². The Morgan fingerprint density at radius 3 is 2.67 bits per heavy atom. The Bertz CT molecular complexity index is 428. The molecule has 4 heteroatoms. The smallest absolute Gasteiger partial charge is 0.254 e. The topological polar surface area (TPSA) is 38.3 Å². The minimum Gasteiger partial charge on any atom is -0.497 e. The summed E-state index contributed by atoms with van der Waals surface area (Å²) in [7, 11) is 1.47. The van der Waals surface area contributed by atoms with E-state index in [-0.39, 0.29) is 17.5 Å². The van der Waals surface area contributed by atoms with Crippen molar-refractivity contribution in [1.29, 1.82) is 0 Å². The largest absolute Gasteiger partial charge is 0.497 e. The first kappa shape index (κ1) is 12.9. The maximum Gasteiger partial charge on any atom is 0.254 e. The molecular formula is C14H18FNO2. The van der Waals surface area contributed by atoms with Crippen LogP contribution in [-0.2, 0) is 0 Å². The monoisotopic (exact) mass is 251 g/mol. The normalized spacial score (nSPS) is 16.3. The summed E-state index contributed by atoms with van der Waals surface area (Å²) < 4.78 is 18.6. The molecule has 1 aromatic carbocycles. The Morgan fingerprint density at radius 1 is 1.33 bits per heavy atom. The van der Waals surface area contributed by atoms with Crippen molar-refractivity contribution in [3.63, 3.8) is 0 Å². The summed E-state index contributed by atoms with van der Waals surface area (Å²) >= 11 is 0. The average molecular weight is 251 g/mol. The molecule has 1 aliphatic carbocycles. The van der Waals surface area contributed by atoms with E-state index in [0.717, 1.165) is 25.7 Å². The van der Waals surface area contributed by atoms with Crippen LogP contribution in [0.15, 0.2) is 18.2 Å². The van der Waals surface area contributed by atoms with Crippen LogP contribution in [0.1, 0.15) is 42.5 Å². The molecule has 18 heavy (non-hydrogen) atoms. The number of methoxy groups -OCH3 is 1. The van der Waals surface area contributed by atoms with Crippen LogP contribution in [-0.4, -0.2) is 19.1 Å². The zero-order valence-electron chi connectivity index (χ0n) is 10.5. The zero-order chi connectivity index (χ0) is 13.0. The standard InChI is InChI=1S/C14H18FNO2/c1-18-11-7-8-12(13(15)9-11)14(17)16-10-5-3-2-4-6-10/h7-10H,2-6H2,1H3,(H,16,17). The molecule has 0 aliphatic heterocycles. The predicted octanol–water partition coefficient (Wildman–Crippen LogP) is 2.90. The van der Waals surface area contributed by atoms with Crippen molar-refractivity contribution in [1.82, 2.24) is 5.32 Å². The molecule has 1 aliphatic rings. The molecule has 1 aromatic rings. The van der Waals surface area contributed by atoms with E-state index in [1.807, 2.05) is 0 Å². The lowest BCUT2D eigenvalue weighted by atomic mass is 9.95. The fourth-order valence-electron chi connectivity index (χ4n) is 2.32. The van der Waals surface area contributed by atoms with Crippen LogP contribution in [0.4, 0.5) is 4.39 Å².